The summed E-state index contributed by atoms with van der Waals surface area (Å²) in [7, 11) is -5.32. The Morgan fingerprint density at radius 1 is 1.08 bits per heavy atom. The zero-order valence-electron chi connectivity index (χ0n) is 14.5. The van der Waals surface area contributed by atoms with Crippen LogP contribution in [-0.4, -0.2) is 63.1 Å². The number of rotatable bonds is 6. The Bertz CT molecular complexity index is 945. The van der Waals surface area contributed by atoms with Gasteiger partial charge in [0.15, 0.2) is 19.7 Å². The van der Waals surface area contributed by atoms with Crippen molar-refractivity contribution < 1.29 is 16.8 Å². The Labute approximate surface area is 154 Å². The minimum Gasteiger partial charge on any atom is -0.301 e. The molecule has 8 heteroatoms. The molecule has 0 spiro atoms. The molecule has 0 aliphatic carbocycles. The van der Waals surface area contributed by atoms with Crippen molar-refractivity contribution in [1.29, 1.82) is 0 Å². The Morgan fingerprint density at radius 3 is 2.38 bits per heavy atom. The van der Waals surface area contributed by atoms with Gasteiger partial charge in [-0.2, -0.15) is 0 Å². The van der Waals surface area contributed by atoms with Gasteiger partial charge in [-0.1, -0.05) is 18.2 Å². The van der Waals surface area contributed by atoms with Gasteiger partial charge in [-0.05, 0) is 43.3 Å². The second-order valence-corrected chi connectivity index (χ2v) is 10.9. The first kappa shape index (κ1) is 19.0. The maximum absolute atomic E-state index is 13.0. The van der Waals surface area contributed by atoms with Gasteiger partial charge < -0.3 is 4.90 Å². The Kier molecular flexibility index (Phi) is 5.45. The summed E-state index contributed by atoms with van der Waals surface area (Å²) in [4.78, 5) is 6.01. The predicted octanol–water partition coefficient (Wildman–Crippen LogP) is 1.20. The topological polar surface area (TPSA) is 84.4 Å². The van der Waals surface area contributed by atoms with Crippen molar-refractivity contribution in [2.24, 2.45) is 0 Å². The SMILES string of the molecule is CN(CCc1ccncc1)[C@H]1CS(=O)(=O)C[C@@H]1S(=O)(=O)c1ccccc1. The van der Waals surface area contributed by atoms with Crippen molar-refractivity contribution in [2.45, 2.75) is 22.6 Å². The van der Waals surface area contributed by atoms with Crippen LogP contribution in [-0.2, 0) is 26.1 Å². The van der Waals surface area contributed by atoms with E-state index in [9.17, 15) is 16.8 Å². The zero-order valence-corrected chi connectivity index (χ0v) is 16.2. The van der Waals surface area contributed by atoms with E-state index in [1.54, 1.807) is 37.6 Å². The van der Waals surface area contributed by atoms with Crippen molar-refractivity contribution >= 4 is 19.7 Å². The van der Waals surface area contributed by atoms with E-state index >= 15 is 0 Å². The molecule has 6 nitrogen and oxygen atoms in total. The number of aromatic nitrogens is 1. The fourth-order valence-electron chi connectivity index (χ4n) is 3.31. The Morgan fingerprint density at radius 2 is 1.73 bits per heavy atom. The van der Waals surface area contributed by atoms with Crippen LogP contribution >= 0.6 is 0 Å². The van der Waals surface area contributed by atoms with Crippen LogP contribution in [0.3, 0.4) is 0 Å². The lowest BCUT2D eigenvalue weighted by molar-refractivity contribution is 0.266. The molecule has 0 unspecified atom stereocenters. The molecule has 3 rings (SSSR count). The summed E-state index contributed by atoms with van der Waals surface area (Å²) < 4.78 is 50.4. The molecule has 2 aromatic rings. The van der Waals surface area contributed by atoms with Crippen molar-refractivity contribution in [1.82, 2.24) is 9.88 Å². The lowest BCUT2D eigenvalue weighted by Gasteiger charge is -2.28. The van der Waals surface area contributed by atoms with E-state index in [-0.39, 0.29) is 16.4 Å². The highest BCUT2D eigenvalue weighted by Crippen LogP contribution is 2.28. The highest BCUT2D eigenvalue weighted by atomic mass is 32.2. The van der Waals surface area contributed by atoms with Crippen molar-refractivity contribution in [3.8, 4) is 0 Å². The van der Waals surface area contributed by atoms with E-state index in [0.717, 1.165) is 5.56 Å². The molecule has 1 saturated heterocycles. The molecule has 1 aromatic heterocycles. The van der Waals surface area contributed by atoms with Crippen molar-refractivity contribution in [3.63, 3.8) is 0 Å². The first-order valence-electron chi connectivity index (χ1n) is 8.38. The third-order valence-electron chi connectivity index (χ3n) is 4.81. The molecule has 1 aliphatic rings. The van der Waals surface area contributed by atoms with Crippen LogP contribution in [0.25, 0.3) is 0 Å². The number of benzene rings is 1. The smallest absolute Gasteiger partial charge is 0.183 e. The lowest BCUT2D eigenvalue weighted by Crippen LogP contribution is -2.45. The minimum atomic E-state index is -3.72. The highest BCUT2D eigenvalue weighted by Gasteiger charge is 2.47. The third kappa shape index (κ3) is 4.13. The number of likely N-dealkylation sites (N-methyl/N-ethyl adjacent to an activating group) is 1. The van der Waals surface area contributed by atoms with Crippen LogP contribution in [0, 0.1) is 0 Å². The van der Waals surface area contributed by atoms with E-state index in [1.807, 2.05) is 17.0 Å². The predicted molar refractivity (Wildman–Crippen MR) is 100 cm³/mol. The Balaban J connectivity index is 1.82. The number of hydrogen-bond donors (Lipinski definition) is 0. The van der Waals surface area contributed by atoms with E-state index in [4.69, 9.17) is 0 Å². The van der Waals surface area contributed by atoms with Gasteiger partial charge >= 0.3 is 0 Å². The molecule has 26 heavy (non-hydrogen) atoms. The molecule has 0 amide bonds. The van der Waals surface area contributed by atoms with Gasteiger partial charge in [-0.15, -0.1) is 0 Å². The summed E-state index contributed by atoms with van der Waals surface area (Å²) in [6.45, 7) is 0.574. The molecule has 1 aromatic carbocycles. The quantitative estimate of drug-likeness (QED) is 0.732. The van der Waals surface area contributed by atoms with Crippen molar-refractivity contribution in [2.75, 3.05) is 25.1 Å². The third-order valence-corrected chi connectivity index (χ3v) is 8.95. The molecule has 2 atom stereocenters. The van der Waals surface area contributed by atoms with Gasteiger partial charge in [0.2, 0.25) is 0 Å². The summed E-state index contributed by atoms with van der Waals surface area (Å²) in [5, 5.41) is -0.947. The molecular weight excluding hydrogens is 372 g/mol. The zero-order chi connectivity index (χ0) is 18.8. The molecule has 2 heterocycles. The molecule has 0 bridgehead atoms. The molecule has 1 fully saturated rings. The summed E-state index contributed by atoms with van der Waals surface area (Å²) in [5.74, 6) is -0.453. The largest absolute Gasteiger partial charge is 0.301 e. The van der Waals surface area contributed by atoms with Gasteiger partial charge in [0, 0.05) is 25.0 Å². The normalized spacial score (nSPS) is 22.5. The minimum absolute atomic E-state index is 0.128. The van der Waals surface area contributed by atoms with Gasteiger partial charge in [-0.25, -0.2) is 16.8 Å². The average molecular weight is 395 g/mol. The molecule has 0 saturated carbocycles. The fourth-order valence-corrected chi connectivity index (χ4v) is 8.24. The van der Waals surface area contributed by atoms with E-state index in [2.05, 4.69) is 4.98 Å². The van der Waals surface area contributed by atoms with Gasteiger partial charge in [-0.3, -0.25) is 4.98 Å². The van der Waals surface area contributed by atoms with Crippen LogP contribution < -0.4 is 0 Å². The first-order chi connectivity index (χ1) is 12.3. The first-order valence-corrected chi connectivity index (χ1v) is 11.7. The van der Waals surface area contributed by atoms with Gasteiger partial charge in [0.25, 0.3) is 0 Å². The van der Waals surface area contributed by atoms with Crippen molar-refractivity contribution in [3.05, 3.63) is 60.4 Å². The average Bonchev–Trinajstić information content (AvgIpc) is 2.98. The number of sulfone groups is 2. The van der Waals surface area contributed by atoms with Gasteiger partial charge in [0.1, 0.15) is 0 Å². The maximum atomic E-state index is 13.0. The van der Waals surface area contributed by atoms with Gasteiger partial charge in [0.05, 0.1) is 21.7 Å². The standard InChI is InChI=1S/C18H22N2O4S2/c1-20(12-9-15-7-10-19-11-8-15)17-13-25(21,22)14-18(17)26(23,24)16-5-3-2-4-6-16/h2-8,10-11,17-18H,9,12-14H2,1H3/t17-,18-/m0/s1. The monoisotopic (exact) mass is 394 g/mol. The molecule has 1 aliphatic heterocycles. The van der Waals surface area contributed by atoms with E-state index < -0.39 is 31.0 Å². The molecular formula is C18H22N2O4S2. The summed E-state index contributed by atoms with van der Waals surface area (Å²) in [6, 6.07) is 11.3. The fraction of sp³-hybridized carbons (Fsp3) is 0.389. The Hall–Kier alpha value is -1.77. The van der Waals surface area contributed by atoms with Crippen LogP contribution in [0.15, 0.2) is 59.8 Å². The van der Waals surface area contributed by atoms with E-state index in [1.165, 1.54) is 12.1 Å². The lowest BCUT2D eigenvalue weighted by atomic mass is 10.1. The maximum Gasteiger partial charge on any atom is 0.183 e. The van der Waals surface area contributed by atoms with Crippen LogP contribution in [0.4, 0.5) is 0 Å². The summed E-state index contributed by atoms with van der Waals surface area (Å²) in [5.41, 5.74) is 1.08. The highest BCUT2D eigenvalue weighted by molar-refractivity contribution is 7.96. The number of nitrogens with zero attached hydrogens (tertiary/aromatic N) is 2. The summed E-state index contributed by atoms with van der Waals surface area (Å²) in [6.07, 6.45) is 4.11. The van der Waals surface area contributed by atoms with E-state index in [0.29, 0.717) is 13.0 Å². The number of hydrogen-bond acceptors (Lipinski definition) is 6. The number of pyridine rings is 1. The van der Waals surface area contributed by atoms with Crippen LogP contribution in [0.2, 0.25) is 0 Å². The molecule has 140 valence electrons. The van der Waals surface area contributed by atoms with Crippen LogP contribution in [0.1, 0.15) is 5.56 Å². The summed E-state index contributed by atoms with van der Waals surface area (Å²) >= 11 is 0. The second kappa shape index (κ2) is 7.46. The second-order valence-electron chi connectivity index (χ2n) is 6.63. The molecule has 0 N–H and O–H groups in total. The van der Waals surface area contributed by atoms with Crippen LogP contribution in [0.5, 0.6) is 0 Å². The molecule has 0 radical (unpaired) electrons.